The molecule has 2 aromatic carbocycles. The number of nitrogens with one attached hydrogen (secondary N) is 1. The van der Waals surface area contributed by atoms with Gasteiger partial charge in [0, 0.05) is 30.3 Å². The van der Waals surface area contributed by atoms with Gasteiger partial charge >= 0.3 is 0 Å². The van der Waals surface area contributed by atoms with Crippen molar-refractivity contribution in [2.24, 2.45) is 0 Å². The van der Waals surface area contributed by atoms with Gasteiger partial charge in [-0.05, 0) is 55.2 Å². The third-order valence-electron chi connectivity index (χ3n) is 4.97. The van der Waals surface area contributed by atoms with Crippen LogP contribution in [0.1, 0.15) is 39.5 Å². The zero-order chi connectivity index (χ0) is 20.6. The SMILES string of the molecule is Cc1cc(C(=O)N[C@@H]2CCSc3c(F)cccc32)cc(S(=O)(=O)N(C)C)c1C. The Hall–Kier alpha value is -1.90. The summed E-state index contributed by atoms with van der Waals surface area (Å²) in [6, 6.07) is 7.66. The highest BCUT2D eigenvalue weighted by Gasteiger charge is 2.27. The predicted molar refractivity (Wildman–Crippen MR) is 109 cm³/mol. The van der Waals surface area contributed by atoms with E-state index in [0.29, 0.717) is 22.6 Å². The van der Waals surface area contributed by atoms with Gasteiger partial charge in [-0.3, -0.25) is 4.79 Å². The molecule has 5 nitrogen and oxygen atoms in total. The fourth-order valence-electron chi connectivity index (χ4n) is 3.20. The van der Waals surface area contributed by atoms with Crippen LogP contribution in [0.3, 0.4) is 0 Å². The summed E-state index contributed by atoms with van der Waals surface area (Å²) in [6.07, 6.45) is 0.681. The van der Waals surface area contributed by atoms with E-state index < -0.39 is 10.0 Å². The highest BCUT2D eigenvalue weighted by molar-refractivity contribution is 7.99. The maximum atomic E-state index is 14.1. The number of halogens is 1. The molecule has 8 heteroatoms. The summed E-state index contributed by atoms with van der Waals surface area (Å²) in [5, 5.41) is 2.95. The Balaban J connectivity index is 1.95. The molecule has 0 saturated heterocycles. The zero-order valence-electron chi connectivity index (χ0n) is 16.2. The molecule has 28 heavy (non-hydrogen) atoms. The molecular weight excluding hydrogens is 399 g/mol. The number of hydrogen-bond donors (Lipinski definition) is 1. The highest BCUT2D eigenvalue weighted by Crippen LogP contribution is 2.38. The lowest BCUT2D eigenvalue weighted by molar-refractivity contribution is 0.0934. The van der Waals surface area contributed by atoms with Crippen molar-refractivity contribution >= 4 is 27.7 Å². The van der Waals surface area contributed by atoms with Gasteiger partial charge < -0.3 is 5.32 Å². The highest BCUT2D eigenvalue weighted by atomic mass is 32.2. The summed E-state index contributed by atoms with van der Waals surface area (Å²) in [5.41, 5.74) is 2.37. The monoisotopic (exact) mass is 422 g/mol. The summed E-state index contributed by atoms with van der Waals surface area (Å²) in [4.78, 5) is 13.6. The zero-order valence-corrected chi connectivity index (χ0v) is 17.9. The van der Waals surface area contributed by atoms with Crippen LogP contribution < -0.4 is 5.32 Å². The normalized spacial score (nSPS) is 16.7. The number of carbonyl (C=O) groups excluding carboxylic acids is 1. The van der Waals surface area contributed by atoms with Crippen LogP contribution in [0.2, 0.25) is 0 Å². The molecule has 0 aromatic heterocycles. The number of aryl methyl sites for hydroxylation is 1. The van der Waals surface area contributed by atoms with Gasteiger partial charge in [0.2, 0.25) is 10.0 Å². The Labute approximate surface area is 169 Å². The summed E-state index contributed by atoms with van der Waals surface area (Å²) in [5.74, 6) is 0.0453. The van der Waals surface area contributed by atoms with E-state index in [9.17, 15) is 17.6 Å². The van der Waals surface area contributed by atoms with E-state index in [1.165, 1.54) is 38.0 Å². The Morgan fingerprint density at radius 3 is 2.64 bits per heavy atom. The minimum Gasteiger partial charge on any atom is -0.345 e. The van der Waals surface area contributed by atoms with E-state index in [4.69, 9.17) is 0 Å². The molecule has 150 valence electrons. The summed E-state index contributed by atoms with van der Waals surface area (Å²) < 4.78 is 40.4. The van der Waals surface area contributed by atoms with E-state index in [0.717, 1.165) is 15.4 Å². The third-order valence-corrected chi connectivity index (χ3v) is 8.07. The fourth-order valence-corrected chi connectivity index (χ4v) is 5.56. The molecule has 1 atom stereocenters. The Morgan fingerprint density at radius 1 is 1.25 bits per heavy atom. The van der Waals surface area contributed by atoms with Crippen LogP contribution in [0.5, 0.6) is 0 Å². The lowest BCUT2D eigenvalue weighted by Gasteiger charge is -2.26. The first-order valence-electron chi connectivity index (χ1n) is 8.88. The molecule has 0 saturated carbocycles. The van der Waals surface area contributed by atoms with Gasteiger partial charge in [0.25, 0.3) is 5.91 Å². The largest absolute Gasteiger partial charge is 0.345 e. The molecule has 1 aliphatic heterocycles. The van der Waals surface area contributed by atoms with E-state index in [-0.39, 0.29) is 28.2 Å². The van der Waals surface area contributed by atoms with Gasteiger partial charge in [0.1, 0.15) is 5.82 Å². The quantitative estimate of drug-likeness (QED) is 0.817. The Kier molecular flexibility index (Phi) is 5.84. The molecule has 3 rings (SSSR count). The van der Waals surface area contributed by atoms with Gasteiger partial charge in [-0.2, -0.15) is 0 Å². The standard InChI is InChI=1S/C20H23FN2O3S2/c1-12-10-14(11-18(13(12)2)28(25,26)23(3)4)20(24)22-17-8-9-27-19-15(17)6-5-7-16(19)21/h5-7,10-11,17H,8-9H2,1-4H3,(H,22,24)/t17-/m1/s1. The molecule has 0 unspecified atom stereocenters. The summed E-state index contributed by atoms with van der Waals surface area (Å²) in [7, 11) is -0.752. The van der Waals surface area contributed by atoms with E-state index in [1.54, 1.807) is 26.0 Å². The van der Waals surface area contributed by atoms with Crippen LogP contribution in [0.15, 0.2) is 40.1 Å². The van der Waals surface area contributed by atoms with Crippen molar-refractivity contribution < 1.29 is 17.6 Å². The molecule has 1 N–H and O–H groups in total. The predicted octanol–water partition coefficient (Wildman–Crippen LogP) is 3.66. The third kappa shape index (κ3) is 3.81. The van der Waals surface area contributed by atoms with Crippen molar-refractivity contribution in [2.45, 2.75) is 36.1 Å². The van der Waals surface area contributed by atoms with Gasteiger partial charge in [-0.1, -0.05) is 12.1 Å². The lowest BCUT2D eigenvalue weighted by atomic mass is 10.0. The minimum absolute atomic E-state index is 0.119. The number of benzene rings is 2. The Morgan fingerprint density at radius 2 is 1.96 bits per heavy atom. The van der Waals surface area contributed by atoms with Gasteiger partial charge in [0.05, 0.1) is 10.9 Å². The van der Waals surface area contributed by atoms with Crippen molar-refractivity contribution in [1.82, 2.24) is 9.62 Å². The molecule has 0 aliphatic carbocycles. The molecule has 1 heterocycles. The first kappa shape index (κ1) is 20.8. The Bertz CT molecular complexity index is 1040. The summed E-state index contributed by atoms with van der Waals surface area (Å²) >= 11 is 1.44. The first-order chi connectivity index (χ1) is 13.1. The molecule has 1 amide bonds. The van der Waals surface area contributed by atoms with Crippen LogP contribution in [-0.2, 0) is 10.0 Å². The van der Waals surface area contributed by atoms with Crippen molar-refractivity contribution in [3.8, 4) is 0 Å². The van der Waals surface area contributed by atoms with E-state index in [2.05, 4.69) is 5.32 Å². The number of rotatable bonds is 4. The lowest BCUT2D eigenvalue weighted by Crippen LogP contribution is -2.31. The topological polar surface area (TPSA) is 66.5 Å². The molecule has 0 spiro atoms. The van der Waals surface area contributed by atoms with Crippen LogP contribution in [0.4, 0.5) is 4.39 Å². The van der Waals surface area contributed by atoms with Crippen molar-refractivity contribution in [2.75, 3.05) is 19.8 Å². The van der Waals surface area contributed by atoms with Gasteiger partial charge in [-0.15, -0.1) is 11.8 Å². The maximum Gasteiger partial charge on any atom is 0.251 e. The van der Waals surface area contributed by atoms with Crippen LogP contribution in [-0.4, -0.2) is 38.5 Å². The first-order valence-corrected chi connectivity index (χ1v) is 11.3. The van der Waals surface area contributed by atoms with E-state index >= 15 is 0 Å². The van der Waals surface area contributed by atoms with E-state index in [1.807, 2.05) is 6.07 Å². The molecular formula is C20H23FN2O3S2. The molecule has 1 aliphatic rings. The summed E-state index contributed by atoms with van der Waals surface area (Å²) in [6.45, 7) is 3.51. The number of nitrogens with zero attached hydrogens (tertiary/aromatic N) is 1. The number of fused-ring (bicyclic) bond motifs is 1. The van der Waals surface area contributed by atoms with Crippen molar-refractivity contribution in [3.05, 3.63) is 58.4 Å². The fraction of sp³-hybridized carbons (Fsp3) is 0.350. The van der Waals surface area contributed by atoms with Crippen LogP contribution in [0.25, 0.3) is 0 Å². The number of hydrogen-bond acceptors (Lipinski definition) is 4. The van der Waals surface area contributed by atoms with Gasteiger partial charge in [0.15, 0.2) is 0 Å². The second kappa shape index (κ2) is 7.85. The second-order valence-corrected chi connectivity index (χ2v) is 10.3. The van der Waals surface area contributed by atoms with Crippen molar-refractivity contribution in [1.29, 1.82) is 0 Å². The molecule has 0 bridgehead atoms. The minimum atomic E-state index is -3.67. The van der Waals surface area contributed by atoms with Crippen molar-refractivity contribution in [3.63, 3.8) is 0 Å². The molecule has 0 radical (unpaired) electrons. The maximum absolute atomic E-state index is 14.1. The van der Waals surface area contributed by atoms with Crippen LogP contribution in [0, 0.1) is 19.7 Å². The van der Waals surface area contributed by atoms with Crippen LogP contribution >= 0.6 is 11.8 Å². The smallest absolute Gasteiger partial charge is 0.251 e. The molecule has 2 aromatic rings. The average Bonchev–Trinajstić information content (AvgIpc) is 2.64. The number of sulfonamides is 1. The number of thioether (sulfide) groups is 1. The number of carbonyl (C=O) groups is 1. The van der Waals surface area contributed by atoms with Gasteiger partial charge in [-0.25, -0.2) is 17.1 Å². The average molecular weight is 423 g/mol. The second-order valence-electron chi connectivity index (χ2n) is 7.03. The molecule has 0 fully saturated rings. The number of amides is 1.